The molecular weight excluding hydrogens is 339 g/mol. The van der Waals surface area contributed by atoms with Crippen LogP contribution in [0.1, 0.15) is 22.4 Å². The Morgan fingerprint density at radius 1 is 0.889 bits per heavy atom. The van der Waals surface area contributed by atoms with Crippen molar-refractivity contribution in [2.75, 3.05) is 0 Å². The van der Waals surface area contributed by atoms with Gasteiger partial charge in [-0.15, -0.1) is 0 Å². The van der Waals surface area contributed by atoms with Crippen molar-refractivity contribution in [1.82, 2.24) is 9.97 Å². The zero-order chi connectivity index (χ0) is 18.5. The number of ether oxygens (including phenoxy) is 1. The molecular formula is C23H17FN2O. The van der Waals surface area contributed by atoms with Crippen LogP contribution in [0, 0.1) is 17.7 Å². The smallest absolute Gasteiger partial charge is 0.123 e. The number of benzene rings is 2. The van der Waals surface area contributed by atoms with Crippen molar-refractivity contribution in [3.63, 3.8) is 0 Å². The monoisotopic (exact) mass is 356 g/mol. The van der Waals surface area contributed by atoms with E-state index in [1.165, 1.54) is 12.1 Å². The van der Waals surface area contributed by atoms with Gasteiger partial charge in [0.25, 0.3) is 0 Å². The minimum atomic E-state index is -0.246. The molecule has 0 radical (unpaired) electrons. The summed E-state index contributed by atoms with van der Waals surface area (Å²) in [4.78, 5) is 7.53. The van der Waals surface area contributed by atoms with Gasteiger partial charge in [0.05, 0.1) is 29.9 Å². The van der Waals surface area contributed by atoms with Gasteiger partial charge in [-0.3, -0.25) is 4.98 Å². The van der Waals surface area contributed by atoms with Gasteiger partial charge in [-0.2, -0.15) is 0 Å². The zero-order valence-corrected chi connectivity index (χ0v) is 14.6. The maximum absolute atomic E-state index is 13.1. The number of fused-ring (bicyclic) bond motifs is 1. The van der Waals surface area contributed by atoms with E-state index in [4.69, 9.17) is 4.74 Å². The normalized spacial score (nSPS) is 10.6. The highest BCUT2D eigenvalue weighted by Gasteiger charge is 1.99. The molecule has 0 bridgehead atoms. The largest absolute Gasteiger partial charge is 0.372 e. The fourth-order valence-electron chi connectivity index (χ4n) is 2.76. The fraction of sp³-hybridized carbons (Fsp3) is 0.0870. The van der Waals surface area contributed by atoms with Crippen LogP contribution in [0.15, 0.2) is 72.9 Å². The van der Waals surface area contributed by atoms with Gasteiger partial charge in [0.1, 0.15) is 5.82 Å². The lowest BCUT2D eigenvalue weighted by Crippen LogP contribution is -1.94. The molecule has 0 aliphatic rings. The number of nitrogens with one attached hydrogen (secondary N) is 1. The van der Waals surface area contributed by atoms with Crippen molar-refractivity contribution in [2.45, 2.75) is 13.2 Å². The van der Waals surface area contributed by atoms with E-state index in [2.05, 4.69) is 21.8 Å². The summed E-state index contributed by atoms with van der Waals surface area (Å²) in [5.41, 5.74) is 5.53. The minimum absolute atomic E-state index is 0.246. The predicted octanol–water partition coefficient (Wildman–Crippen LogP) is 4.82. The Hall–Kier alpha value is -3.42. The first-order valence-corrected chi connectivity index (χ1v) is 8.63. The van der Waals surface area contributed by atoms with Crippen LogP contribution in [-0.2, 0) is 18.0 Å². The summed E-state index contributed by atoms with van der Waals surface area (Å²) in [7, 11) is 0. The maximum atomic E-state index is 13.1. The lowest BCUT2D eigenvalue weighted by Gasteiger charge is -2.05. The maximum Gasteiger partial charge on any atom is 0.123 e. The zero-order valence-electron chi connectivity index (χ0n) is 14.6. The molecule has 2 aromatic heterocycles. The van der Waals surface area contributed by atoms with Crippen LogP contribution >= 0.6 is 0 Å². The average Bonchev–Trinajstić information content (AvgIpc) is 3.10. The Bertz CT molecular complexity index is 1090. The number of halogens is 1. The lowest BCUT2D eigenvalue weighted by molar-refractivity contribution is 0.107. The number of aromatic nitrogens is 2. The molecule has 4 heteroatoms. The molecule has 2 aromatic carbocycles. The van der Waals surface area contributed by atoms with Crippen LogP contribution in [0.5, 0.6) is 0 Å². The van der Waals surface area contributed by atoms with Crippen LogP contribution in [0.3, 0.4) is 0 Å². The first kappa shape index (κ1) is 17.0. The Morgan fingerprint density at radius 3 is 2.56 bits per heavy atom. The highest BCUT2D eigenvalue weighted by atomic mass is 19.1. The van der Waals surface area contributed by atoms with Crippen molar-refractivity contribution < 1.29 is 9.13 Å². The highest BCUT2D eigenvalue weighted by molar-refractivity contribution is 5.76. The first-order valence-electron chi connectivity index (χ1n) is 8.63. The van der Waals surface area contributed by atoms with Crippen LogP contribution in [0.25, 0.3) is 11.0 Å². The number of H-pyrrole nitrogens is 1. The van der Waals surface area contributed by atoms with Gasteiger partial charge in [0, 0.05) is 11.8 Å². The molecule has 0 saturated heterocycles. The molecule has 0 aliphatic carbocycles. The first-order chi connectivity index (χ1) is 13.3. The van der Waals surface area contributed by atoms with Gasteiger partial charge in [-0.1, -0.05) is 30.2 Å². The molecule has 0 saturated carbocycles. The number of hydrogen-bond donors (Lipinski definition) is 1. The molecule has 27 heavy (non-hydrogen) atoms. The van der Waals surface area contributed by atoms with Crippen LogP contribution in [0.2, 0.25) is 0 Å². The Kier molecular flexibility index (Phi) is 4.95. The molecule has 1 N–H and O–H groups in total. The minimum Gasteiger partial charge on any atom is -0.372 e. The number of pyridine rings is 1. The third kappa shape index (κ3) is 4.41. The molecule has 4 rings (SSSR count). The van der Waals surface area contributed by atoms with Crippen molar-refractivity contribution in [2.24, 2.45) is 0 Å². The topological polar surface area (TPSA) is 37.9 Å². The van der Waals surface area contributed by atoms with E-state index < -0.39 is 0 Å². The molecule has 0 fully saturated rings. The van der Waals surface area contributed by atoms with Gasteiger partial charge < -0.3 is 9.72 Å². The summed E-state index contributed by atoms with van der Waals surface area (Å²) in [6.07, 6.45) is 1.77. The second-order valence-electron chi connectivity index (χ2n) is 6.19. The molecule has 3 nitrogen and oxygen atoms in total. The number of aromatic amines is 1. The lowest BCUT2D eigenvalue weighted by atomic mass is 10.1. The second kappa shape index (κ2) is 7.86. The second-order valence-corrected chi connectivity index (χ2v) is 6.19. The van der Waals surface area contributed by atoms with Crippen molar-refractivity contribution in [3.05, 3.63) is 101 Å². The van der Waals surface area contributed by atoms with E-state index in [-0.39, 0.29) is 5.82 Å². The van der Waals surface area contributed by atoms with Crippen LogP contribution < -0.4 is 0 Å². The van der Waals surface area contributed by atoms with E-state index in [9.17, 15) is 4.39 Å². The highest BCUT2D eigenvalue weighted by Crippen LogP contribution is 2.12. The van der Waals surface area contributed by atoms with Gasteiger partial charge >= 0.3 is 0 Å². The van der Waals surface area contributed by atoms with Gasteiger partial charge in [-0.25, -0.2) is 4.39 Å². The van der Waals surface area contributed by atoms with E-state index >= 15 is 0 Å². The molecule has 132 valence electrons. The Morgan fingerprint density at radius 2 is 1.74 bits per heavy atom. The molecule has 4 aromatic rings. The van der Waals surface area contributed by atoms with Gasteiger partial charge in [-0.05, 0) is 59.5 Å². The van der Waals surface area contributed by atoms with E-state index in [0.29, 0.717) is 13.2 Å². The quantitative estimate of drug-likeness (QED) is 0.533. The summed E-state index contributed by atoms with van der Waals surface area (Å²) in [6.45, 7) is 0.853. The van der Waals surface area contributed by atoms with Crippen LogP contribution in [-0.4, -0.2) is 9.97 Å². The summed E-state index contributed by atoms with van der Waals surface area (Å²) < 4.78 is 18.8. The number of hydrogen-bond acceptors (Lipinski definition) is 2. The summed E-state index contributed by atoms with van der Waals surface area (Å²) >= 11 is 0. The molecule has 0 atom stereocenters. The molecule has 2 heterocycles. The van der Waals surface area contributed by atoms with Gasteiger partial charge in [0.2, 0.25) is 0 Å². The number of nitrogens with zero attached hydrogens (tertiary/aromatic N) is 1. The third-order valence-electron chi connectivity index (χ3n) is 4.11. The van der Waals surface area contributed by atoms with E-state index in [1.54, 1.807) is 12.3 Å². The third-order valence-corrected chi connectivity index (χ3v) is 4.11. The fourth-order valence-corrected chi connectivity index (χ4v) is 2.76. The van der Waals surface area contributed by atoms with E-state index in [0.717, 1.165) is 33.4 Å². The summed E-state index contributed by atoms with van der Waals surface area (Å²) in [6, 6.07) is 20.2. The van der Waals surface area contributed by atoms with Crippen molar-refractivity contribution in [1.29, 1.82) is 0 Å². The van der Waals surface area contributed by atoms with Crippen molar-refractivity contribution in [3.8, 4) is 11.8 Å². The summed E-state index contributed by atoms with van der Waals surface area (Å²) in [5.74, 6) is 6.03. The number of rotatable bonds is 4. The summed E-state index contributed by atoms with van der Waals surface area (Å²) in [5, 5.41) is 0. The molecule has 0 unspecified atom stereocenters. The van der Waals surface area contributed by atoms with E-state index in [1.807, 2.05) is 48.5 Å². The predicted molar refractivity (Wildman–Crippen MR) is 103 cm³/mol. The Labute approximate surface area is 156 Å². The van der Waals surface area contributed by atoms with Crippen molar-refractivity contribution >= 4 is 11.0 Å². The Balaban J connectivity index is 1.36. The molecule has 0 amide bonds. The SMILES string of the molecule is Fc1cccc(COCc2ccc(C#Cc3cc4ncccc4[nH]3)cc2)c1. The van der Waals surface area contributed by atoms with Gasteiger partial charge in [0.15, 0.2) is 0 Å². The molecule has 0 spiro atoms. The van der Waals surface area contributed by atoms with Crippen LogP contribution in [0.4, 0.5) is 4.39 Å². The molecule has 0 aliphatic heterocycles. The standard InChI is InChI=1S/C23H17FN2O/c24-20-4-1-3-19(13-20)16-27-15-18-8-6-17(7-9-18)10-11-21-14-23-22(26-21)5-2-12-25-23/h1-9,12-14,26H,15-16H2. The average molecular weight is 356 g/mol.